The molecule has 1 aliphatic carbocycles. The molecule has 66 valence electrons. The minimum Gasteiger partial charge on any atom is -0.258 e. The van der Waals surface area contributed by atoms with Gasteiger partial charge in [0.05, 0.1) is 22.7 Å². The summed E-state index contributed by atoms with van der Waals surface area (Å²) in [6, 6.07) is 5.92. The smallest absolute Gasteiger partial charge is 0.0912 e. The second kappa shape index (κ2) is 3.35. The molecule has 1 unspecified atom stereocenters. The molecule has 13 heavy (non-hydrogen) atoms. The van der Waals surface area contributed by atoms with Gasteiger partial charge in [-0.15, -0.1) is 0 Å². The lowest BCUT2D eigenvalue weighted by Crippen LogP contribution is -2.00. The quantitative estimate of drug-likeness (QED) is 0.723. The summed E-state index contributed by atoms with van der Waals surface area (Å²) in [5.74, 6) is 0.496. The highest BCUT2D eigenvalue weighted by molar-refractivity contribution is 6.30. The maximum atomic E-state index is 8.94. The SMILES string of the molecule is N#CC(c1ccc(Cl)cn1)C1CC1. The highest BCUT2D eigenvalue weighted by Gasteiger charge is 2.33. The Kier molecular flexibility index (Phi) is 2.20. The van der Waals surface area contributed by atoms with Crippen LogP contribution in [0.3, 0.4) is 0 Å². The van der Waals surface area contributed by atoms with E-state index in [0.717, 1.165) is 18.5 Å². The number of nitriles is 1. The Bertz CT molecular complexity index is 335. The van der Waals surface area contributed by atoms with Crippen molar-refractivity contribution in [3.8, 4) is 6.07 Å². The third-order valence-corrected chi connectivity index (χ3v) is 2.52. The Morgan fingerprint density at radius 2 is 2.31 bits per heavy atom. The monoisotopic (exact) mass is 192 g/mol. The fourth-order valence-electron chi connectivity index (χ4n) is 1.41. The van der Waals surface area contributed by atoms with Crippen LogP contribution in [0.4, 0.5) is 0 Å². The number of hydrogen-bond donors (Lipinski definition) is 0. The minimum absolute atomic E-state index is 0.0303. The van der Waals surface area contributed by atoms with Crippen LogP contribution in [0.2, 0.25) is 5.02 Å². The Morgan fingerprint density at radius 3 is 2.77 bits per heavy atom. The summed E-state index contributed by atoms with van der Waals surface area (Å²) in [5, 5.41) is 9.56. The number of halogens is 1. The molecule has 0 amide bonds. The summed E-state index contributed by atoms with van der Waals surface area (Å²) in [7, 11) is 0. The molecule has 2 nitrogen and oxygen atoms in total. The molecule has 0 spiro atoms. The number of nitrogens with zero attached hydrogens (tertiary/aromatic N) is 2. The topological polar surface area (TPSA) is 36.7 Å². The number of pyridine rings is 1. The summed E-state index contributed by atoms with van der Waals surface area (Å²) in [6.07, 6.45) is 3.91. The molecule has 0 bridgehead atoms. The van der Waals surface area contributed by atoms with Crippen molar-refractivity contribution < 1.29 is 0 Å². The van der Waals surface area contributed by atoms with Crippen LogP contribution in [0.25, 0.3) is 0 Å². The molecular weight excluding hydrogens is 184 g/mol. The van der Waals surface area contributed by atoms with Crippen molar-refractivity contribution >= 4 is 11.6 Å². The number of rotatable bonds is 2. The third kappa shape index (κ3) is 1.81. The Morgan fingerprint density at radius 1 is 1.54 bits per heavy atom. The van der Waals surface area contributed by atoms with E-state index < -0.39 is 0 Å². The van der Waals surface area contributed by atoms with E-state index >= 15 is 0 Å². The summed E-state index contributed by atoms with van der Waals surface area (Å²) < 4.78 is 0. The Labute approximate surface area is 82.2 Å². The Hall–Kier alpha value is -1.07. The van der Waals surface area contributed by atoms with Gasteiger partial charge in [0.15, 0.2) is 0 Å². The lowest BCUT2D eigenvalue weighted by Gasteiger charge is -2.05. The van der Waals surface area contributed by atoms with Crippen LogP contribution in [0.5, 0.6) is 0 Å². The molecule has 0 aliphatic heterocycles. The molecule has 2 rings (SSSR count). The van der Waals surface area contributed by atoms with E-state index in [1.54, 1.807) is 12.3 Å². The van der Waals surface area contributed by atoms with Gasteiger partial charge >= 0.3 is 0 Å². The fraction of sp³-hybridized carbons (Fsp3) is 0.400. The van der Waals surface area contributed by atoms with Crippen molar-refractivity contribution in [1.29, 1.82) is 5.26 Å². The molecule has 1 atom stereocenters. The van der Waals surface area contributed by atoms with Crippen molar-refractivity contribution in [2.24, 2.45) is 5.92 Å². The van der Waals surface area contributed by atoms with E-state index in [1.165, 1.54) is 0 Å². The molecule has 1 fully saturated rings. The molecule has 1 aromatic rings. The zero-order valence-corrected chi connectivity index (χ0v) is 7.83. The lowest BCUT2D eigenvalue weighted by molar-refractivity contribution is 0.716. The predicted molar refractivity (Wildman–Crippen MR) is 50.3 cm³/mol. The van der Waals surface area contributed by atoms with Crippen LogP contribution in [-0.2, 0) is 0 Å². The molecule has 0 N–H and O–H groups in total. The molecule has 1 aliphatic rings. The normalized spacial score (nSPS) is 17.8. The van der Waals surface area contributed by atoms with Gasteiger partial charge in [-0.3, -0.25) is 4.98 Å². The highest BCUT2D eigenvalue weighted by atomic mass is 35.5. The van der Waals surface area contributed by atoms with Gasteiger partial charge in [0.1, 0.15) is 0 Å². The minimum atomic E-state index is -0.0303. The van der Waals surface area contributed by atoms with E-state index in [-0.39, 0.29) is 5.92 Å². The summed E-state index contributed by atoms with van der Waals surface area (Å²) in [5.41, 5.74) is 0.856. The Balaban J connectivity index is 2.23. The van der Waals surface area contributed by atoms with Gasteiger partial charge in [-0.2, -0.15) is 5.26 Å². The van der Waals surface area contributed by atoms with Crippen LogP contribution < -0.4 is 0 Å². The fourth-order valence-corrected chi connectivity index (χ4v) is 1.53. The number of hydrogen-bond acceptors (Lipinski definition) is 2. The average Bonchev–Trinajstić information content (AvgIpc) is 2.93. The molecule has 0 saturated heterocycles. The summed E-state index contributed by atoms with van der Waals surface area (Å²) in [4.78, 5) is 4.16. The van der Waals surface area contributed by atoms with Gasteiger partial charge in [0.2, 0.25) is 0 Å². The van der Waals surface area contributed by atoms with Gasteiger partial charge < -0.3 is 0 Å². The first kappa shape index (κ1) is 8.52. The summed E-state index contributed by atoms with van der Waals surface area (Å²) >= 11 is 5.71. The molecule has 0 aromatic carbocycles. The zero-order chi connectivity index (χ0) is 9.26. The second-order valence-corrected chi connectivity index (χ2v) is 3.78. The van der Waals surface area contributed by atoms with Crippen LogP contribution in [0, 0.1) is 17.2 Å². The maximum absolute atomic E-state index is 8.94. The van der Waals surface area contributed by atoms with Crippen LogP contribution >= 0.6 is 11.6 Å². The van der Waals surface area contributed by atoms with E-state index in [4.69, 9.17) is 16.9 Å². The first-order chi connectivity index (χ1) is 6.31. The van der Waals surface area contributed by atoms with Crippen LogP contribution in [0.1, 0.15) is 24.5 Å². The van der Waals surface area contributed by atoms with Gasteiger partial charge in [-0.1, -0.05) is 11.6 Å². The third-order valence-electron chi connectivity index (χ3n) is 2.30. The van der Waals surface area contributed by atoms with Crippen molar-refractivity contribution in [1.82, 2.24) is 4.98 Å². The first-order valence-corrected chi connectivity index (χ1v) is 4.70. The average molecular weight is 193 g/mol. The van der Waals surface area contributed by atoms with Crippen molar-refractivity contribution in [3.63, 3.8) is 0 Å². The summed E-state index contributed by atoms with van der Waals surface area (Å²) in [6.45, 7) is 0. The van der Waals surface area contributed by atoms with Gasteiger partial charge in [0.25, 0.3) is 0 Å². The van der Waals surface area contributed by atoms with E-state index in [9.17, 15) is 0 Å². The second-order valence-electron chi connectivity index (χ2n) is 3.35. The zero-order valence-electron chi connectivity index (χ0n) is 7.07. The van der Waals surface area contributed by atoms with Gasteiger partial charge in [-0.05, 0) is 30.9 Å². The predicted octanol–water partition coefficient (Wildman–Crippen LogP) is 2.75. The van der Waals surface area contributed by atoms with E-state index in [2.05, 4.69) is 11.1 Å². The highest BCUT2D eigenvalue weighted by Crippen LogP contribution is 2.41. The molecule has 0 radical (unpaired) electrons. The van der Waals surface area contributed by atoms with Gasteiger partial charge in [-0.25, -0.2) is 0 Å². The van der Waals surface area contributed by atoms with Crippen molar-refractivity contribution in [2.45, 2.75) is 18.8 Å². The van der Waals surface area contributed by atoms with E-state index in [1.807, 2.05) is 6.07 Å². The molecular formula is C10H9ClN2. The van der Waals surface area contributed by atoms with E-state index in [0.29, 0.717) is 10.9 Å². The molecule has 1 saturated carbocycles. The van der Waals surface area contributed by atoms with Gasteiger partial charge in [0, 0.05) is 6.20 Å². The first-order valence-electron chi connectivity index (χ1n) is 4.32. The van der Waals surface area contributed by atoms with Crippen LogP contribution in [-0.4, -0.2) is 4.98 Å². The molecule has 1 heterocycles. The standard InChI is InChI=1S/C10H9ClN2/c11-8-3-4-10(13-6-8)9(5-12)7-1-2-7/h3-4,6-7,9H,1-2H2. The maximum Gasteiger partial charge on any atom is 0.0912 e. The number of aromatic nitrogens is 1. The largest absolute Gasteiger partial charge is 0.258 e. The van der Waals surface area contributed by atoms with Crippen molar-refractivity contribution in [2.75, 3.05) is 0 Å². The molecule has 3 heteroatoms. The van der Waals surface area contributed by atoms with Crippen LogP contribution in [0.15, 0.2) is 18.3 Å². The molecule has 1 aromatic heterocycles. The lowest BCUT2D eigenvalue weighted by atomic mass is 10.0. The van der Waals surface area contributed by atoms with Crippen molar-refractivity contribution in [3.05, 3.63) is 29.0 Å².